The molecule has 0 aliphatic carbocycles. The number of carbonyl (C=O) groups excluding carboxylic acids is 1. The molecule has 0 atom stereocenters. The number of nitro benzene ring substituents is 1. The summed E-state index contributed by atoms with van der Waals surface area (Å²) in [7, 11) is 1.46. The van der Waals surface area contributed by atoms with Crippen molar-refractivity contribution in [3.05, 3.63) is 102 Å². The fourth-order valence-corrected chi connectivity index (χ4v) is 3.79. The lowest BCUT2D eigenvalue weighted by Gasteiger charge is -2.13. The molecule has 0 radical (unpaired) electrons. The maximum atomic E-state index is 12.3. The van der Waals surface area contributed by atoms with Crippen LogP contribution in [0.2, 0.25) is 5.02 Å². The fourth-order valence-electron chi connectivity index (χ4n) is 3.16. The van der Waals surface area contributed by atoms with Gasteiger partial charge in [-0.25, -0.2) is 9.79 Å². The minimum atomic E-state index is -0.574. The zero-order valence-electron chi connectivity index (χ0n) is 17.7. The van der Waals surface area contributed by atoms with Crippen LogP contribution in [0.25, 0.3) is 6.08 Å². The van der Waals surface area contributed by atoms with Crippen molar-refractivity contribution in [2.24, 2.45) is 4.99 Å². The molecule has 0 fully saturated rings. The van der Waals surface area contributed by atoms with E-state index < -0.39 is 10.9 Å². The van der Waals surface area contributed by atoms with Gasteiger partial charge < -0.3 is 14.2 Å². The summed E-state index contributed by atoms with van der Waals surface area (Å²) >= 11 is 8.61. The largest absolute Gasteiger partial charge is 0.493 e. The Bertz CT molecular complexity index is 1340. The molecule has 0 aromatic heterocycles. The van der Waals surface area contributed by atoms with E-state index in [-0.39, 0.29) is 34.7 Å². The molecule has 34 heavy (non-hydrogen) atoms. The quantitative estimate of drug-likeness (QED) is 0.114. The van der Waals surface area contributed by atoms with Gasteiger partial charge in [-0.1, -0.05) is 23.7 Å². The van der Waals surface area contributed by atoms with Crippen LogP contribution in [-0.2, 0) is 16.1 Å². The number of hydrogen-bond donors (Lipinski definition) is 0. The highest BCUT2D eigenvalue weighted by molar-refractivity contribution is 14.1. The molecule has 0 N–H and O–H groups in total. The number of ether oxygens (including phenoxy) is 3. The van der Waals surface area contributed by atoms with Crippen molar-refractivity contribution in [1.29, 1.82) is 0 Å². The van der Waals surface area contributed by atoms with E-state index in [1.165, 1.54) is 19.2 Å². The molecule has 0 spiro atoms. The number of aliphatic imine (C=N–C) groups is 1. The van der Waals surface area contributed by atoms with Crippen molar-refractivity contribution in [3.63, 3.8) is 0 Å². The van der Waals surface area contributed by atoms with E-state index >= 15 is 0 Å². The molecule has 3 aromatic carbocycles. The molecule has 0 bridgehead atoms. The third-order valence-corrected chi connectivity index (χ3v) is 5.77. The SMILES string of the molecule is COc1cc(/C=C2\N=C(c3ccc(I)cc3)OC2=O)cc(Cl)c1OCc1cccc([N+](=O)[O-])c1. The first-order valence-electron chi connectivity index (χ1n) is 9.86. The number of non-ortho nitro benzene ring substituents is 1. The number of esters is 1. The Kier molecular flexibility index (Phi) is 7.13. The Morgan fingerprint density at radius 2 is 1.94 bits per heavy atom. The molecule has 1 aliphatic heterocycles. The number of nitro groups is 1. The summed E-state index contributed by atoms with van der Waals surface area (Å²) in [6.07, 6.45) is 1.54. The monoisotopic (exact) mass is 590 g/mol. The van der Waals surface area contributed by atoms with Crippen molar-refractivity contribution in [3.8, 4) is 11.5 Å². The molecular formula is C24H16ClIN2O6. The average molecular weight is 591 g/mol. The summed E-state index contributed by atoms with van der Waals surface area (Å²) in [6.45, 7) is 0.0498. The van der Waals surface area contributed by atoms with Crippen molar-refractivity contribution < 1.29 is 23.9 Å². The van der Waals surface area contributed by atoms with Crippen LogP contribution in [0.5, 0.6) is 11.5 Å². The first-order chi connectivity index (χ1) is 16.3. The maximum Gasteiger partial charge on any atom is 0.363 e. The van der Waals surface area contributed by atoms with E-state index in [1.54, 1.807) is 30.3 Å². The lowest BCUT2D eigenvalue weighted by atomic mass is 10.1. The van der Waals surface area contributed by atoms with Crippen LogP contribution in [0, 0.1) is 13.7 Å². The van der Waals surface area contributed by atoms with E-state index in [4.69, 9.17) is 25.8 Å². The third kappa shape index (κ3) is 5.37. The number of halogens is 2. The van der Waals surface area contributed by atoms with E-state index in [2.05, 4.69) is 27.6 Å². The minimum Gasteiger partial charge on any atom is -0.493 e. The van der Waals surface area contributed by atoms with Crippen LogP contribution >= 0.6 is 34.2 Å². The van der Waals surface area contributed by atoms with Gasteiger partial charge in [0.05, 0.1) is 17.1 Å². The predicted octanol–water partition coefficient (Wildman–Crippen LogP) is 5.78. The molecular weight excluding hydrogens is 575 g/mol. The van der Waals surface area contributed by atoms with Gasteiger partial charge in [-0.15, -0.1) is 0 Å². The normalized spacial score (nSPS) is 14.0. The van der Waals surface area contributed by atoms with Crippen molar-refractivity contribution in [2.45, 2.75) is 6.61 Å². The number of methoxy groups -OCH3 is 1. The first kappa shape index (κ1) is 23.7. The van der Waals surface area contributed by atoms with Crippen molar-refractivity contribution in [1.82, 2.24) is 0 Å². The lowest BCUT2D eigenvalue weighted by molar-refractivity contribution is -0.384. The molecule has 0 saturated carbocycles. The molecule has 8 nitrogen and oxygen atoms in total. The zero-order valence-corrected chi connectivity index (χ0v) is 20.6. The number of cyclic esters (lactones) is 1. The Morgan fingerprint density at radius 3 is 2.65 bits per heavy atom. The second-order valence-corrected chi connectivity index (χ2v) is 8.75. The van der Waals surface area contributed by atoms with E-state index in [0.29, 0.717) is 22.4 Å². The summed E-state index contributed by atoms with van der Waals surface area (Å²) in [6, 6.07) is 16.8. The second-order valence-electron chi connectivity index (χ2n) is 7.09. The molecule has 0 amide bonds. The molecule has 10 heteroatoms. The van der Waals surface area contributed by atoms with Gasteiger partial charge in [0.1, 0.15) is 6.61 Å². The molecule has 0 saturated heterocycles. The van der Waals surface area contributed by atoms with Crippen LogP contribution in [0.3, 0.4) is 0 Å². The van der Waals surface area contributed by atoms with E-state index in [0.717, 1.165) is 3.57 Å². The number of hydrogen-bond acceptors (Lipinski definition) is 7. The Balaban J connectivity index is 1.57. The van der Waals surface area contributed by atoms with Crippen LogP contribution in [0.4, 0.5) is 5.69 Å². The zero-order chi connectivity index (χ0) is 24.2. The standard InChI is InChI=1S/C24H16ClIN2O6/c1-32-21-12-15(11-20-24(29)34-23(27-20)16-5-7-17(26)8-6-16)10-19(25)22(21)33-13-14-3-2-4-18(9-14)28(30)31/h2-12H,13H2,1H3/b20-11-. The number of benzene rings is 3. The van der Waals surface area contributed by atoms with Crippen molar-refractivity contribution in [2.75, 3.05) is 7.11 Å². The van der Waals surface area contributed by atoms with E-state index in [1.807, 2.05) is 24.3 Å². The molecule has 4 rings (SSSR count). The van der Waals surface area contributed by atoms with Gasteiger partial charge in [-0.3, -0.25) is 10.1 Å². The van der Waals surface area contributed by atoms with Crippen molar-refractivity contribution >= 4 is 57.8 Å². The van der Waals surface area contributed by atoms with Crippen LogP contribution in [0.15, 0.2) is 71.4 Å². The van der Waals surface area contributed by atoms with Gasteiger partial charge in [0.2, 0.25) is 5.90 Å². The lowest BCUT2D eigenvalue weighted by Crippen LogP contribution is -2.05. The summed E-state index contributed by atoms with van der Waals surface area (Å²) in [5, 5.41) is 11.2. The molecule has 1 heterocycles. The van der Waals surface area contributed by atoms with Gasteiger partial charge in [-0.05, 0) is 76.2 Å². The Morgan fingerprint density at radius 1 is 1.18 bits per heavy atom. The smallest absolute Gasteiger partial charge is 0.363 e. The topological polar surface area (TPSA) is 100 Å². The number of carbonyl (C=O) groups is 1. The number of nitrogens with zero attached hydrogens (tertiary/aromatic N) is 2. The first-order valence-corrected chi connectivity index (χ1v) is 11.3. The van der Waals surface area contributed by atoms with Gasteiger partial charge in [0, 0.05) is 21.3 Å². The second kappa shape index (κ2) is 10.2. The highest BCUT2D eigenvalue weighted by atomic mass is 127. The fraction of sp³-hybridized carbons (Fsp3) is 0.0833. The van der Waals surface area contributed by atoms with Gasteiger partial charge >= 0.3 is 5.97 Å². The Labute approximate surface area is 213 Å². The number of rotatable bonds is 7. The highest BCUT2D eigenvalue weighted by Crippen LogP contribution is 2.38. The highest BCUT2D eigenvalue weighted by Gasteiger charge is 2.24. The van der Waals surface area contributed by atoms with Crippen LogP contribution < -0.4 is 9.47 Å². The minimum absolute atomic E-state index is 0.0326. The molecule has 172 valence electrons. The molecule has 3 aromatic rings. The third-order valence-electron chi connectivity index (χ3n) is 4.77. The summed E-state index contributed by atoms with van der Waals surface area (Å²) in [5.41, 5.74) is 1.94. The predicted molar refractivity (Wildman–Crippen MR) is 135 cm³/mol. The summed E-state index contributed by atoms with van der Waals surface area (Å²) < 4.78 is 17.6. The molecule has 1 aliphatic rings. The Hall–Kier alpha value is -3.44. The summed E-state index contributed by atoms with van der Waals surface area (Å²) in [4.78, 5) is 27.1. The molecule has 0 unspecified atom stereocenters. The van der Waals surface area contributed by atoms with Gasteiger partial charge in [0.15, 0.2) is 17.2 Å². The maximum absolute atomic E-state index is 12.3. The van der Waals surface area contributed by atoms with Crippen LogP contribution in [0.1, 0.15) is 16.7 Å². The summed E-state index contributed by atoms with van der Waals surface area (Å²) in [5.74, 6) is 0.255. The van der Waals surface area contributed by atoms with Gasteiger partial charge in [-0.2, -0.15) is 0 Å². The van der Waals surface area contributed by atoms with Gasteiger partial charge in [0.25, 0.3) is 5.69 Å². The van der Waals surface area contributed by atoms with Crippen LogP contribution in [-0.4, -0.2) is 23.9 Å². The van der Waals surface area contributed by atoms with E-state index in [9.17, 15) is 14.9 Å². The average Bonchev–Trinajstić information content (AvgIpc) is 3.18.